The lowest BCUT2D eigenvalue weighted by Gasteiger charge is -2.22. The quantitative estimate of drug-likeness (QED) is 0.274. The lowest BCUT2D eigenvalue weighted by Crippen LogP contribution is -2.23. The molecule has 0 bridgehead atoms. The van der Waals surface area contributed by atoms with Crippen LogP contribution in [-0.2, 0) is 22.6 Å². The zero-order valence-electron chi connectivity index (χ0n) is 23.3. The number of amidine groups is 1. The van der Waals surface area contributed by atoms with Gasteiger partial charge in [0.1, 0.15) is 6.61 Å². The summed E-state index contributed by atoms with van der Waals surface area (Å²) >= 11 is 1.29. The number of methoxy groups -OCH3 is 1. The number of carbonyl (C=O) groups is 2. The van der Waals surface area contributed by atoms with Gasteiger partial charge < -0.3 is 14.6 Å². The second-order valence-electron chi connectivity index (χ2n) is 10.4. The number of hydrogen-bond acceptors (Lipinski definition) is 6. The largest absolute Gasteiger partial charge is 0.493 e. The van der Waals surface area contributed by atoms with Gasteiger partial charge >= 0.3 is 5.97 Å². The number of carbonyl (C=O) groups excluding carboxylic acids is 1. The van der Waals surface area contributed by atoms with Crippen molar-refractivity contribution in [3.8, 4) is 11.5 Å². The number of amides is 1. The van der Waals surface area contributed by atoms with Crippen molar-refractivity contribution in [2.75, 3.05) is 14.2 Å². The molecule has 212 valence electrons. The summed E-state index contributed by atoms with van der Waals surface area (Å²) in [7, 11) is 3.29. The Morgan fingerprint density at radius 3 is 2.39 bits per heavy atom. The molecule has 1 heterocycles. The molecule has 41 heavy (non-hydrogen) atoms. The van der Waals surface area contributed by atoms with Gasteiger partial charge in [0.2, 0.25) is 0 Å². The summed E-state index contributed by atoms with van der Waals surface area (Å²) in [5.74, 6) is 0.891. The summed E-state index contributed by atoms with van der Waals surface area (Å²) in [6.45, 7) is 0.442. The van der Waals surface area contributed by atoms with Crippen LogP contribution in [0.2, 0.25) is 0 Å². The standard InChI is InChI=1S/C33H34N2O5S/c1-35-32(38)30(41-33(35)34-27-15-10-22(11-16-27)20-31(36)37)19-24-12-17-28(29(18-24)39-2)40-21-23-8-13-26(14-9-23)25-6-4-3-5-7-25/h8-19,25H,3-7,20-21H2,1-2H3,(H,36,37)/b30-19-,34-33?. The Balaban J connectivity index is 1.24. The van der Waals surface area contributed by atoms with Gasteiger partial charge in [-0.2, -0.15) is 0 Å². The number of rotatable bonds is 9. The van der Waals surface area contributed by atoms with E-state index in [1.54, 1.807) is 38.4 Å². The molecular formula is C33H34N2O5S. The highest BCUT2D eigenvalue weighted by Crippen LogP contribution is 2.36. The molecule has 7 nitrogen and oxygen atoms in total. The maximum Gasteiger partial charge on any atom is 0.307 e. The van der Waals surface area contributed by atoms with Crippen LogP contribution in [0.3, 0.4) is 0 Å². The van der Waals surface area contributed by atoms with Crippen molar-refractivity contribution in [3.63, 3.8) is 0 Å². The third-order valence-electron chi connectivity index (χ3n) is 7.46. The van der Waals surface area contributed by atoms with Gasteiger partial charge in [0.25, 0.3) is 5.91 Å². The Morgan fingerprint density at radius 1 is 1.00 bits per heavy atom. The lowest BCUT2D eigenvalue weighted by molar-refractivity contribution is -0.136. The number of likely N-dealkylation sites (N-methyl/N-ethyl adjacent to an activating group) is 1. The van der Waals surface area contributed by atoms with Gasteiger partial charge in [-0.1, -0.05) is 61.7 Å². The van der Waals surface area contributed by atoms with E-state index in [2.05, 4.69) is 29.3 Å². The highest BCUT2D eigenvalue weighted by molar-refractivity contribution is 8.18. The van der Waals surface area contributed by atoms with Crippen molar-refractivity contribution >= 4 is 40.6 Å². The van der Waals surface area contributed by atoms with Gasteiger partial charge in [-0.25, -0.2) is 4.99 Å². The van der Waals surface area contributed by atoms with E-state index in [-0.39, 0.29) is 12.3 Å². The topological polar surface area (TPSA) is 88.4 Å². The van der Waals surface area contributed by atoms with E-state index in [4.69, 9.17) is 14.6 Å². The van der Waals surface area contributed by atoms with Crippen molar-refractivity contribution in [2.24, 2.45) is 4.99 Å². The molecule has 0 atom stereocenters. The Hall–Kier alpha value is -4.04. The van der Waals surface area contributed by atoms with Crippen molar-refractivity contribution < 1.29 is 24.2 Å². The van der Waals surface area contributed by atoms with Crippen LogP contribution in [0.4, 0.5) is 5.69 Å². The van der Waals surface area contributed by atoms with E-state index in [9.17, 15) is 9.59 Å². The van der Waals surface area contributed by atoms with Gasteiger partial charge in [0.05, 0.1) is 24.1 Å². The predicted molar refractivity (Wildman–Crippen MR) is 163 cm³/mol. The summed E-state index contributed by atoms with van der Waals surface area (Å²) in [5.41, 5.74) is 4.69. The molecule has 3 aromatic rings. The Morgan fingerprint density at radius 2 is 1.71 bits per heavy atom. The van der Waals surface area contributed by atoms with E-state index >= 15 is 0 Å². The molecule has 2 fully saturated rings. The molecule has 5 rings (SSSR count). The predicted octanol–water partition coefficient (Wildman–Crippen LogP) is 7.18. The third kappa shape index (κ3) is 7.19. The maximum absolute atomic E-state index is 12.9. The van der Waals surface area contributed by atoms with Crippen LogP contribution in [0.1, 0.15) is 60.3 Å². The number of aliphatic carboxylic acids is 1. The summed E-state index contributed by atoms with van der Waals surface area (Å²) in [6, 6.07) is 21.4. The van der Waals surface area contributed by atoms with Crippen molar-refractivity contribution in [2.45, 2.75) is 51.0 Å². The summed E-state index contributed by atoms with van der Waals surface area (Å²) in [6.07, 6.45) is 8.35. The zero-order valence-corrected chi connectivity index (χ0v) is 24.2. The van der Waals surface area contributed by atoms with Crippen molar-refractivity contribution in [1.82, 2.24) is 4.90 Å². The minimum absolute atomic E-state index is 0.0440. The average Bonchev–Trinajstić information content (AvgIpc) is 3.25. The molecule has 0 unspecified atom stereocenters. The minimum atomic E-state index is -0.883. The van der Waals surface area contributed by atoms with Crippen LogP contribution in [0, 0.1) is 0 Å². The third-order valence-corrected chi connectivity index (χ3v) is 8.52. The first-order valence-corrected chi connectivity index (χ1v) is 14.7. The number of aliphatic imine (C=N–C) groups is 1. The van der Waals surface area contributed by atoms with Gasteiger partial charge in [-0.3, -0.25) is 14.5 Å². The van der Waals surface area contributed by atoms with E-state index in [1.807, 2.05) is 24.3 Å². The van der Waals surface area contributed by atoms with Crippen LogP contribution in [-0.4, -0.2) is 41.2 Å². The molecule has 0 aromatic heterocycles. The van der Waals surface area contributed by atoms with Gasteiger partial charge in [-0.05, 0) is 83.1 Å². The summed E-state index contributed by atoms with van der Waals surface area (Å²) in [4.78, 5) is 30.5. The second-order valence-corrected chi connectivity index (χ2v) is 11.4. The first kappa shape index (κ1) is 28.5. The molecule has 0 radical (unpaired) electrons. The van der Waals surface area contributed by atoms with Gasteiger partial charge in [0.15, 0.2) is 16.7 Å². The molecule has 8 heteroatoms. The maximum atomic E-state index is 12.9. The van der Waals surface area contributed by atoms with Gasteiger partial charge in [-0.15, -0.1) is 0 Å². The summed E-state index contributed by atoms with van der Waals surface area (Å²) in [5, 5.41) is 9.50. The average molecular weight is 571 g/mol. The fourth-order valence-corrected chi connectivity index (χ4v) is 6.14. The normalized spacial score (nSPS) is 17.8. The van der Waals surface area contributed by atoms with Crippen LogP contribution in [0.25, 0.3) is 6.08 Å². The number of thioether (sulfide) groups is 1. The number of hydrogen-bond donors (Lipinski definition) is 1. The SMILES string of the molecule is COc1cc(/C=C2\SC(=Nc3ccc(CC(=O)O)cc3)N(C)C2=O)ccc1OCc1ccc(C2CCCCC2)cc1. The molecule has 1 amide bonds. The first-order valence-electron chi connectivity index (χ1n) is 13.9. The monoisotopic (exact) mass is 570 g/mol. The fraction of sp³-hybridized carbons (Fsp3) is 0.303. The van der Waals surface area contributed by atoms with Crippen LogP contribution >= 0.6 is 11.8 Å². The lowest BCUT2D eigenvalue weighted by atomic mass is 9.84. The molecule has 1 N–H and O–H groups in total. The first-order chi connectivity index (χ1) is 19.9. The molecular weight excluding hydrogens is 536 g/mol. The summed E-state index contributed by atoms with van der Waals surface area (Å²) < 4.78 is 11.7. The fourth-order valence-electron chi connectivity index (χ4n) is 5.15. The van der Waals surface area contributed by atoms with E-state index in [1.165, 1.54) is 54.3 Å². The number of carboxylic acids is 1. The Bertz CT molecular complexity index is 1460. The molecule has 1 saturated carbocycles. The van der Waals surface area contributed by atoms with Crippen molar-refractivity contribution in [3.05, 3.63) is 93.9 Å². The molecule has 1 aliphatic carbocycles. The van der Waals surface area contributed by atoms with E-state index in [0.717, 1.165) is 11.1 Å². The zero-order chi connectivity index (χ0) is 28.8. The van der Waals surface area contributed by atoms with E-state index in [0.29, 0.717) is 45.3 Å². The molecule has 3 aromatic carbocycles. The number of ether oxygens (including phenoxy) is 2. The van der Waals surface area contributed by atoms with Gasteiger partial charge in [0, 0.05) is 7.05 Å². The number of benzene rings is 3. The van der Waals surface area contributed by atoms with E-state index < -0.39 is 5.97 Å². The second kappa shape index (κ2) is 13.1. The minimum Gasteiger partial charge on any atom is -0.493 e. The molecule has 0 spiro atoms. The van der Waals surface area contributed by atoms with Crippen LogP contribution in [0.5, 0.6) is 11.5 Å². The Labute approximate surface area is 244 Å². The molecule has 1 saturated heterocycles. The number of nitrogens with zero attached hydrogens (tertiary/aromatic N) is 2. The molecule has 1 aliphatic heterocycles. The highest BCUT2D eigenvalue weighted by Gasteiger charge is 2.30. The highest BCUT2D eigenvalue weighted by atomic mass is 32.2. The smallest absolute Gasteiger partial charge is 0.307 e. The van der Waals surface area contributed by atoms with Crippen LogP contribution < -0.4 is 9.47 Å². The van der Waals surface area contributed by atoms with Crippen molar-refractivity contribution in [1.29, 1.82) is 0 Å². The van der Waals surface area contributed by atoms with Crippen LogP contribution in [0.15, 0.2) is 76.6 Å². The molecule has 2 aliphatic rings. The number of carboxylic acid groups (broad SMARTS) is 1. The Kier molecular flexibility index (Phi) is 9.09.